The number of hydrogen-bond acceptors (Lipinski definition) is 0. The Hall–Kier alpha value is -0.250. The van der Waals surface area contributed by atoms with Crippen molar-refractivity contribution in [2.45, 2.75) is 26.2 Å². The molecule has 0 aliphatic carbocycles. The molecule has 0 saturated carbocycles. The van der Waals surface area contributed by atoms with E-state index in [9.17, 15) is 0 Å². The van der Waals surface area contributed by atoms with Crippen LogP contribution < -0.4 is 0 Å². The maximum atomic E-state index is 2.39. The average Bonchev–Trinajstić information content (AvgIpc) is 2.62. The summed E-state index contributed by atoms with van der Waals surface area (Å²) in [4.78, 5) is 0. The first kappa shape index (κ1) is 9.31. The van der Waals surface area contributed by atoms with Crippen molar-refractivity contribution in [3.8, 4) is 0 Å². The summed E-state index contributed by atoms with van der Waals surface area (Å²) < 4.78 is 4.03. The van der Waals surface area contributed by atoms with Gasteiger partial charge in [-0.15, -0.1) is 0 Å². The Balaban J connectivity index is 2.37. The van der Waals surface area contributed by atoms with Gasteiger partial charge in [0.2, 0.25) is 0 Å². The summed E-state index contributed by atoms with van der Waals surface area (Å²) in [7, 11) is 0. The van der Waals surface area contributed by atoms with Gasteiger partial charge in [0.25, 0.3) is 0 Å². The standard InChI is InChI=1S/C12H14Te/c1-2-3-5-10-6-4-7-12-11(10)8-9-13-12/h4,6-9H,2-3,5H2,1H3. The van der Waals surface area contributed by atoms with Crippen LogP contribution in [0.3, 0.4) is 0 Å². The average molecular weight is 286 g/mol. The van der Waals surface area contributed by atoms with E-state index in [4.69, 9.17) is 0 Å². The van der Waals surface area contributed by atoms with E-state index >= 15 is 0 Å². The fourth-order valence-corrected chi connectivity index (χ4v) is 4.02. The third kappa shape index (κ3) is 1.98. The zero-order valence-electron chi connectivity index (χ0n) is 7.92. The molecule has 0 aliphatic heterocycles. The van der Waals surface area contributed by atoms with Crippen LogP contribution >= 0.6 is 0 Å². The molecule has 1 heteroatoms. The third-order valence-corrected chi connectivity index (χ3v) is 4.90. The molecule has 0 amide bonds. The summed E-state index contributed by atoms with van der Waals surface area (Å²) in [5.74, 6) is 0. The topological polar surface area (TPSA) is 0 Å². The molecule has 1 aromatic carbocycles. The summed E-state index contributed by atoms with van der Waals surface area (Å²) in [5.41, 5.74) is 1.57. The van der Waals surface area contributed by atoms with Crippen molar-refractivity contribution in [1.82, 2.24) is 0 Å². The van der Waals surface area contributed by atoms with Gasteiger partial charge in [0.1, 0.15) is 0 Å². The molecular weight excluding hydrogens is 272 g/mol. The van der Waals surface area contributed by atoms with Crippen molar-refractivity contribution in [2.75, 3.05) is 0 Å². The zero-order valence-corrected chi connectivity index (χ0v) is 10.2. The second-order valence-electron chi connectivity index (χ2n) is 3.35. The molecule has 0 nitrogen and oxygen atoms in total. The normalized spacial score (nSPS) is 10.8. The van der Waals surface area contributed by atoms with E-state index in [-0.39, 0.29) is 20.4 Å². The Kier molecular flexibility index (Phi) is 3.09. The summed E-state index contributed by atoms with van der Waals surface area (Å²) in [6.07, 6.45) is 3.88. The van der Waals surface area contributed by atoms with E-state index in [2.05, 4.69) is 35.3 Å². The Morgan fingerprint density at radius 3 is 3.00 bits per heavy atom. The Morgan fingerprint density at radius 1 is 1.23 bits per heavy atom. The minimum atomic E-state index is 0.0411. The van der Waals surface area contributed by atoms with E-state index in [1.807, 2.05) is 0 Å². The van der Waals surface area contributed by atoms with Crippen molar-refractivity contribution in [2.24, 2.45) is 0 Å². The fraction of sp³-hybridized carbons (Fsp3) is 0.333. The van der Waals surface area contributed by atoms with Gasteiger partial charge in [-0.1, -0.05) is 0 Å². The van der Waals surface area contributed by atoms with Gasteiger partial charge in [-0.3, -0.25) is 0 Å². The molecule has 0 radical (unpaired) electrons. The van der Waals surface area contributed by atoms with Gasteiger partial charge in [0.05, 0.1) is 0 Å². The maximum absolute atomic E-state index is 2.39. The summed E-state index contributed by atoms with van der Waals surface area (Å²) in [6, 6.07) is 9.15. The van der Waals surface area contributed by atoms with E-state index < -0.39 is 0 Å². The van der Waals surface area contributed by atoms with Crippen LogP contribution in [0.5, 0.6) is 0 Å². The number of aryl methyl sites for hydroxylation is 1. The van der Waals surface area contributed by atoms with Crippen LogP contribution in [-0.4, -0.2) is 20.4 Å². The fourth-order valence-electron chi connectivity index (χ4n) is 1.64. The summed E-state index contributed by atoms with van der Waals surface area (Å²) in [5, 5.41) is 1.55. The molecule has 0 aliphatic rings. The monoisotopic (exact) mass is 288 g/mol. The van der Waals surface area contributed by atoms with Gasteiger partial charge in [0, 0.05) is 0 Å². The molecule has 0 spiro atoms. The molecule has 0 N–H and O–H groups in total. The van der Waals surface area contributed by atoms with Crippen molar-refractivity contribution in [3.05, 3.63) is 33.9 Å². The Bertz CT molecular complexity index is 387. The predicted octanol–water partition coefficient (Wildman–Crippen LogP) is 3.24. The quantitative estimate of drug-likeness (QED) is 0.760. The van der Waals surface area contributed by atoms with Crippen LogP contribution in [0.2, 0.25) is 0 Å². The molecule has 0 atom stereocenters. The van der Waals surface area contributed by atoms with Gasteiger partial charge < -0.3 is 0 Å². The van der Waals surface area contributed by atoms with Crippen molar-refractivity contribution >= 4 is 29.2 Å². The molecule has 13 heavy (non-hydrogen) atoms. The summed E-state index contributed by atoms with van der Waals surface area (Å²) >= 11 is 0.0411. The van der Waals surface area contributed by atoms with Gasteiger partial charge in [0.15, 0.2) is 0 Å². The second kappa shape index (κ2) is 4.31. The van der Waals surface area contributed by atoms with E-state index in [1.165, 1.54) is 19.3 Å². The van der Waals surface area contributed by atoms with Gasteiger partial charge in [-0.2, -0.15) is 0 Å². The number of hydrogen-bond donors (Lipinski definition) is 0. The molecule has 0 bridgehead atoms. The van der Waals surface area contributed by atoms with E-state index in [0.717, 1.165) is 0 Å². The number of fused-ring (bicyclic) bond motifs is 1. The van der Waals surface area contributed by atoms with E-state index in [1.54, 1.807) is 14.4 Å². The molecule has 1 aromatic heterocycles. The van der Waals surface area contributed by atoms with E-state index in [0.29, 0.717) is 0 Å². The predicted molar refractivity (Wildman–Crippen MR) is 59.5 cm³/mol. The Labute approximate surface area is 89.2 Å². The van der Waals surface area contributed by atoms with Crippen LogP contribution in [0.25, 0.3) is 8.79 Å². The van der Waals surface area contributed by atoms with Crippen LogP contribution in [0.1, 0.15) is 25.3 Å². The van der Waals surface area contributed by atoms with Crippen LogP contribution in [0, 0.1) is 0 Å². The number of benzene rings is 1. The van der Waals surface area contributed by atoms with Crippen LogP contribution in [-0.2, 0) is 6.42 Å². The zero-order chi connectivity index (χ0) is 9.10. The second-order valence-corrected chi connectivity index (χ2v) is 6.06. The number of rotatable bonds is 3. The molecule has 0 saturated heterocycles. The SMILES string of the molecule is CCCCc1cccc2[te]ccc12. The molecule has 2 rings (SSSR count). The van der Waals surface area contributed by atoms with Crippen molar-refractivity contribution in [1.29, 1.82) is 0 Å². The van der Waals surface area contributed by atoms with Crippen molar-refractivity contribution in [3.63, 3.8) is 0 Å². The molecule has 68 valence electrons. The van der Waals surface area contributed by atoms with Crippen LogP contribution in [0.4, 0.5) is 0 Å². The first-order chi connectivity index (χ1) is 6.42. The molecular formula is C12H14Te. The van der Waals surface area contributed by atoms with Gasteiger partial charge >= 0.3 is 89.3 Å². The Morgan fingerprint density at radius 2 is 2.15 bits per heavy atom. The molecule has 2 aromatic rings. The van der Waals surface area contributed by atoms with Gasteiger partial charge in [-0.05, 0) is 0 Å². The molecule has 1 heterocycles. The van der Waals surface area contributed by atoms with Crippen LogP contribution in [0.15, 0.2) is 28.3 Å². The van der Waals surface area contributed by atoms with Crippen molar-refractivity contribution < 1.29 is 0 Å². The third-order valence-electron chi connectivity index (χ3n) is 2.39. The minimum absolute atomic E-state index is 0.0411. The summed E-state index contributed by atoms with van der Waals surface area (Å²) in [6.45, 7) is 2.26. The first-order valence-corrected chi connectivity index (χ1v) is 7.38. The molecule has 0 unspecified atom stereocenters. The first-order valence-electron chi connectivity index (χ1n) is 4.87. The molecule has 0 fully saturated rings. The number of unbranched alkanes of at least 4 members (excludes halogenated alkanes) is 1. The van der Waals surface area contributed by atoms with Gasteiger partial charge in [-0.25, -0.2) is 0 Å².